The highest BCUT2D eigenvalue weighted by Crippen LogP contribution is 2.27. The van der Waals surface area contributed by atoms with Gasteiger partial charge in [0.2, 0.25) is 0 Å². The van der Waals surface area contributed by atoms with Gasteiger partial charge < -0.3 is 9.72 Å². The molecule has 8 nitrogen and oxygen atoms in total. The van der Waals surface area contributed by atoms with Crippen LogP contribution in [0.15, 0.2) is 75.4 Å². The van der Waals surface area contributed by atoms with Gasteiger partial charge in [0.05, 0.1) is 45.9 Å². The number of carbonyl (C=O) groups is 1. The first-order chi connectivity index (χ1) is 17.4. The summed E-state index contributed by atoms with van der Waals surface area (Å²) in [5.74, 6) is 0.145. The van der Waals surface area contributed by atoms with Crippen LogP contribution in [0, 0.1) is 13.8 Å². The molecule has 5 aromatic rings. The van der Waals surface area contributed by atoms with Crippen molar-refractivity contribution in [1.82, 2.24) is 19.5 Å². The Morgan fingerprint density at radius 3 is 2.44 bits per heavy atom. The molecule has 0 spiro atoms. The fourth-order valence-corrected chi connectivity index (χ4v) is 5.07. The quantitative estimate of drug-likeness (QED) is 0.218. The molecule has 9 heteroatoms. The second-order valence-electron chi connectivity index (χ2n) is 8.32. The van der Waals surface area contributed by atoms with E-state index in [9.17, 15) is 14.4 Å². The van der Waals surface area contributed by atoms with Gasteiger partial charge in [0.1, 0.15) is 5.82 Å². The number of fused-ring (bicyclic) bond motifs is 2. The lowest BCUT2D eigenvalue weighted by molar-refractivity contribution is 0.0601. The van der Waals surface area contributed by atoms with Crippen molar-refractivity contribution in [3.8, 4) is 5.69 Å². The Labute approximate surface area is 210 Å². The van der Waals surface area contributed by atoms with Crippen LogP contribution in [0.2, 0.25) is 0 Å². The minimum Gasteiger partial charge on any atom is -0.465 e. The van der Waals surface area contributed by atoms with Crippen molar-refractivity contribution < 1.29 is 9.53 Å². The molecule has 1 N–H and O–H groups in total. The zero-order chi connectivity index (χ0) is 25.4. The number of ether oxygens (including phenoxy) is 1. The van der Waals surface area contributed by atoms with E-state index in [-0.39, 0.29) is 16.9 Å². The second kappa shape index (κ2) is 9.43. The van der Waals surface area contributed by atoms with Gasteiger partial charge in [-0.15, -0.1) is 0 Å². The topological polar surface area (TPSA) is 107 Å². The highest BCUT2D eigenvalue weighted by Gasteiger charge is 2.17. The first-order valence-corrected chi connectivity index (χ1v) is 12.2. The molecular weight excluding hydrogens is 476 g/mol. The maximum absolute atomic E-state index is 13.6. The first-order valence-electron chi connectivity index (χ1n) is 11.2. The summed E-state index contributed by atoms with van der Waals surface area (Å²) in [7, 11) is 1.30. The molecule has 0 atom stereocenters. The highest BCUT2D eigenvalue weighted by molar-refractivity contribution is 7.98. The van der Waals surface area contributed by atoms with Crippen LogP contribution in [-0.2, 0) is 10.5 Å². The number of para-hydroxylation sites is 2. The number of H-pyrrole nitrogens is 1. The van der Waals surface area contributed by atoms with Crippen LogP contribution in [0.25, 0.3) is 27.5 Å². The van der Waals surface area contributed by atoms with E-state index in [4.69, 9.17) is 9.72 Å². The number of nitrogens with one attached hydrogen (secondary N) is 1. The molecule has 0 saturated carbocycles. The van der Waals surface area contributed by atoms with Crippen molar-refractivity contribution in [1.29, 1.82) is 0 Å². The van der Waals surface area contributed by atoms with Crippen LogP contribution < -0.4 is 11.1 Å². The average Bonchev–Trinajstić information content (AvgIpc) is 2.88. The smallest absolute Gasteiger partial charge is 0.337 e. The van der Waals surface area contributed by atoms with Gasteiger partial charge in [0, 0.05) is 0 Å². The third kappa shape index (κ3) is 4.18. The highest BCUT2D eigenvalue weighted by atomic mass is 32.2. The predicted molar refractivity (Wildman–Crippen MR) is 140 cm³/mol. The van der Waals surface area contributed by atoms with Crippen molar-refractivity contribution in [2.24, 2.45) is 0 Å². The normalized spacial score (nSPS) is 11.2. The van der Waals surface area contributed by atoms with Crippen molar-refractivity contribution >= 4 is 39.5 Å². The number of thioether (sulfide) groups is 1. The van der Waals surface area contributed by atoms with Gasteiger partial charge in [-0.1, -0.05) is 42.1 Å². The zero-order valence-electron chi connectivity index (χ0n) is 19.9. The Kier molecular flexibility index (Phi) is 6.15. The molecule has 0 radical (unpaired) electrons. The number of aromatic nitrogens is 4. The van der Waals surface area contributed by atoms with Gasteiger partial charge in [-0.05, 0) is 55.3 Å². The molecule has 5 rings (SSSR count). The number of benzene rings is 3. The Morgan fingerprint density at radius 1 is 0.944 bits per heavy atom. The van der Waals surface area contributed by atoms with Gasteiger partial charge in [0.15, 0.2) is 5.16 Å². The number of rotatable bonds is 5. The number of aromatic amines is 1. The van der Waals surface area contributed by atoms with Crippen LogP contribution in [0.1, 0.15) is 27.3 Å². The second-order valence-corrected chi connectivity index (χ2v) is 9.26. The zero-order valence-corrected chi connectivity index (χ0v) is 20.7. The van der Waals surface area contributed by atoms with Crippen LogP contribution in [0.4, 0.5) is 0 Å². The van der Waals surface area contributed by atoms with E-state index < -0.39 is 5.97 Å². The van der Waals surface area contributed by atoms with Crippen LogP contribution in [0.5, 0.6) is 0 Å². The number of hydrogen-bond donors (Lipinski definition) is 1. The van der Waals surface area contributed by atoms with Crippen LogP contribution in [-0.4, -0.2) is 32.6 Å². The molecule has 0 bridgehead atoms. The summed E-state index contributed by atoms with van der Waals surface area (Å²) in [6.07, 6.45) is 0. The molecule has 2 aromatic heterocycles. The molecule has 0 unspecified atom stereocenters. The molecule has 36 heavy (non-hydrogen) atoms. The number of hydrogen-bond acceptors (Lipinski definition) is 7. The monoisotopic (exact) mass is 498 g/mol. The van der Waals surface area contributed by atoms with Crippen molar-refractivity contribution in [3.63, 3.8) is 0 Å². The van der Waals surface area contributed by atoms with Crippen molar-refractivity contribution in [3.05, 3.63) is 104 Å². The van der Waals surface area contributed by atoms with Crippen molar-refractivity contribution in [2.75, 3.05) is 7.11 Å². The maximum atomic E-state index is 13.6. The summed E-state index contributed by atoms with van der Waals surface area (Å²) < 4.78 is 6.41. The summed E-state index contributed by atoms with van der Waals surface area (Å²) in [4.78, 5) is 50.4. The van der Waals surface area contributed by atoms with E-state index in [1.54, 1.807) is 22.8 Å². The third-order valence-electron chi connectivity index (χ3n) is 5.92. The molecule has 0 amide bonds. The maximum Gasteiger partial charge on any atom is 0.337 e. The van der Waals surface area contributed by atoms with Gasteiger partial charge in [0.25, 0.3) is 11.1 Å². The van der Waals surface area contributed by atoms with Crippen molar-refractivity contribution in [2.45, 2.75) is 24.8 Å². The molecule has 0 aliphatic rings. The molecule has 3 aromatic carbocycles. The first kappa shape index (κ1) is 23.5. The lowest BCUT2D eigenvalue weighted by atomic mass is 10.1. The van der Waals surface area contributed by atoms with Crippen LogP contribution >= 0.6 is 11.8 Å². The van der Waals surface area contributed by atoms with Gasteiger partial charge in [-0.2, -0.15) is 0 Å². The molecule has 2 heterocycles. The average molecular weight is 499 g/mol. The van der Waals surface area contributed by atoms with Gasteiger partial charge in [-0.3, -0.25) is 14.2 Å². The molecule has 180 valence electrons. The summed E-state index contributed by atoms with van der Waals surface area (Å²) in [6.45, 7) is 3.92. The lowest BCUT2D eigenvalue weighted by Crippen LogP contribution is -2.23. The van der Waals surface area contributed by atoms with E-state index in [0.29, 0.717) is 38.4 Å². The van der Waals surface area contributed by atoms with E-state index in [1.165, 1.54) is 31.0 Å². The molecule has 0 fully saturated rings. The van der Waals surface area contributed by atoms with Gasteiger partial charge >= 0.3 is 5.97 Å². The number of methoxy groups -OCH3 is 1. The number of nitrogens with zero attached hydrogens (tertiary/aromatic N) is 3. The standard InChI is InChI=1S/C27H22N4O4S/c1-15-7-6-8-16(2)23(15)31-25(33)19-9-4-5-10-20(19)29-27(31)36-14-22-28-21-13-17(26(34)35-3)11-12-18(21)24(32)30-22/h4-13H,14H2,1-3H3,(H,28,30,32). The summed E-state index contributed by atoms with van der Waals surface area (Å²) in [5.41, 5.74) is 3.49. The minimum atomic E-state index is -0.507. The molecule has 0 aliphatic carbocycles. The summed E-state index contributed by atoms with van der Waals surface area (Å²) in [6, 6.07) is 17.7. The Hall–Kier alpha value is -4.24. The Balaban J connectivity index is 1.61. The van der Waals surface area contributed by atoms with Crippen LogP contribution in [0.3, 0.4) is 0 Å². The van der Waals surface area contributed by atoms with E-state index in [2.05, 4.69) is 9.97 Å². The number of carbonyl (C=O) groups excluding carboxylic acids is 1. The van der Waals surface area contributed by atoms with E-state index >= 15 is 0 Å². The fourth-order valence-electron chi connectivity index (χ4n) is 4.20. The molecule has 0 aliphatic heterocycles. The summed E-state index contributed by atoms with van der Waals surface area (Å²) >= 11 is 1.30. The fraction of sp³-hybridized carbons (Fsp3) is 0.148. The SMILES string of the molecule is COC(=O)c1ccc2c(=O)[nH]c(CSc3nc4ccccc4c(=O)n3-c3c(C)cccc3C)nc2c1. The largest absolute Gasteiger partial charge is 0.465 e. The molecule has 0 saturated heterocycles. The van der Waals surface area contributed by atoms with Gasteiger partial charge in [-0.25, -0.2) is 14.8 Å². The Morgan fingerprint density at radius 2 is 1.69 bits per heavy atom. The minimum absolute atomic E-state index is 0.164. The van der Waals surface area contributed by atoms with E-state index in [1.807, 2.05) is 44.2 Å². The Bertz CT molecular complexity index is 1750. The number of esters is 1. The van der Waals surface area contributed by atoms with E-state index in [0.717, 1.165) is 16.8 Å². The summed E-state index contributed by atoms with van der Waals surface area (Å²) in [5, 5.41) is 1.38. The number of aryl methyl sites for hydroxylation is 2. The molecular formula is C27H22N4O4S. The lowest BCUT2D eigenvalue weighted by Gasteiger charge is -2.17. The third-order valence-corrected chi connectivity index (χ3v) is 6.87. The predicted octanol–water partition coefficient (Wildman–Crippen LogP) is 4.32.